The zero-order valence-corrected chi connectivity index (χ0v) is 17.9. The normalized spacial score (nSPS) is 28.7. The highest BCUT2D eigenvalue weighted by atomic mass is 19.1. The number of carbonyl (C=O) groups excluding carboxylic acids is 2. The number of para-hydroxylation sites is 1. The molecule has 1 aromatic rings. The third kappa shape index (κ3) is 4.83. The minimum absolute atomic E-state index is 0.0160. The Morgan fingerprint density at radius 3 is 2.60 bits per heavy atom. The summed E-state index contributed by atoms with van der Waals surface area (Å²) in [6.45, 7) is 6.31. The molecule has 6 nitrogen and oxygen atoms in total. The van der Waals surface area contributed by atoms with Gasteiger partial charge >= 0.3 is 0 Å². The van der Waals surface area contributed by atoms with Crippen molar-refractivity contribution >= 4 is 17.5 Å². The highest BCUT2D eigenvalue weighted by Gasteiger charge is 2.38. The quantitative estimate of drug-likeness (QED) is 0.800. The molecule has 0 aromatic heterocycles. The highest BCUT2D eigenvalue weighted by molar-refractivity contribution is 5.99. The number of hydrogen-bond acceptors (Lipinski definition) is 4. The van der Waals surface area contributed by atoms with E-state index in [9.17, 15) is 14.0 Å². The summed E-state index contributed by atoms with van der Waals surface area (Å²) in [5, 5.41) is 3.21. The number of halogens is 1. The van der Waals surface area contributed by atoms with E-state index in [-0.39, 0.29) is 23.7 Å². The first-order valence-corrected chi connectivity index (χ1v) is 11.3. The van der Waals surface area contributed by atoms with E-state index in [0.29, 0.717) is 37.2 Å². The second-order valence-electron chi connectivity index (χ2n) is 9.09. The summed E-state index contributed by atoms with van der Waals surface area (Å²) >= 11 is 0. The number of nitrogens with one attached hydrogen (secondary N) is 1. The van der Waals surface area contributed by atoms with Gasteiger partial charge in [-0.1, -0.05) is 31.9 Å². The Morgan fingerprint density at radius 1 is 1.10 bits per heavy atom. The maximum atomic E-state index is 14.1. The van der Waals surface area contributed by atoms with Gasteiger partial charge < -0.3 is 10.2 Å². The molecule has 3 unspecified atom stereocenters. The van der Waals surface area contributed by atoms with Gasteiger partial charge in [0, 0.05) is 38.8 Å². The highest BCUT2D eigenvalue weighted by Crippen LogP contribution is 2.27. The van der Waals surface area contributed by atoms with Crippen molar-refractivity contribution < 1.29 is 14.0 Å². The Bertz CT molecular complexity index is 765. The fourth-order valence-corrected chi connectivity index (χ4v) is 5.19. The van der Waals surface area contributed by atoms with E-state index in [4.69, 9.17) is 0 Å². The standard InChI is InChI=1S/C23H33FN4O2/c1-17-5-4-6-18(15-17)25-22(29)16-26-11-13-27(14-12-26)21-9-10-28(23(21)30)20-8-3-2-7-19(20)24/h2-3,7-8,17-18,21H,4-6,9-16H2,1H3,(H,25,29). The van der Waals surface area contributed by atoms with Crippen LogP contribution < -0.4 is 10.2 Å². The van der Waals surface area contributed by atoms with Crippen LogP contribution in [0.5, 0.6) is 0 Å². The van der Waals surface area contributed by atoms with Crippen LogP contribution in [0.1, 0.15) is 39.0 Å². The predicted octanol–water partition coefficient (Wildman–Crippen LogP) is 2.24. The molecular weight excluding hydrogens is 383 g/mol. The Hall–Kier alpha value is -1.99. The molecule has 1 aromatic carbocycles. The largest absolute Gasteiger partial charge is 0.352 e. The monoisotopic (exact) mass is 416 g/mol. The van der Waals surface area contributed by atoms with E-state index in [2.05, 4.69) is 22.0 Å². The average Bonchev–Trinajstić information content (AvgIpc) is 3.10. The molecule has 1 aliphatic carbocycles. The lowest BCUT2D eigenvalue weighted by atomic mass is 9.87. The first-order valence-electron chi connectivity index (χ1n) is 11.3. The van der Waals surface area contributed by atoms with Crippen molar-refractivity contribution in [3.63, 3.8) is 0 Å². The lowest BCUT2D eigenvalue weighted by Crippen LogP contribution is -2.54. The van der Waals surface area contributed by atoms with Gasteiger partial charge in [0.2, 0.25) is 11.8 Å². The molecular formula is C23H33FN4O2. The molecule has 30 heavy (non-hydrogen) atoms. The summed E-state index contributed by atoms with van der Waals surface area (Å²) in [4.78, 5) is 31.3. The van der Waals surface area contributed by atoms with Crippen molar-refractivity contribution in [3.8, 4) is 0 Å². The number of nitrogens with zero attached hydrogens (tertiary/aromatic N) is 3. The summed E-state index contributed by atoms with van der Waals surface area (Å²) in [7, 11) is 0. The van der Waals surface area contributed by atoms with E-state index >= 15 is 0 Å². The summed E-state index contributed by atoms with van der Waals surface area (Å²) in [5.74, 6) is 0.443. The third-order valence-corrected chi connectivity index (χ3v) is 6.84. The van der Waals surface area contributed by atoms with Gasteiger partial charge in [-0.15, -0.1) is 0 Å². The molecule has 2 heterocycles. The van der Waals surface area contributed by atoms with E-state index in [1.54, 1.807) is 23.1 Å². The Balaban J connectivity index is 1.24. The third-order valence-electron chi connectivity index (χ3n) is 6.84. The second-order valence-corrected chi connectivity index (χ2v) is 9.09. The van der Waals surface area contributed by atoms with Crippen LogP contribution in [-0.4, -0.2) is 73.0 Å². The van der Waals surface area contributed by atoms with Gasteiger partial charge in [-0.2, -0.15) is 0 Å². The topological polar surface area (TPSA) is 55.9 Å². The van der Waals surface area contributed by atoms with Gasteiger partial charge in [-0.3, -0.25) is 19.4 Å². The van der Waals surface area contributed by atoms with Crippen LogP contribution in [0, 0.1) is 11.7 Å². The van der Waals surface area contributed by atoms with Crippen molar-refractivity contribution in [1.29, 1.82) is 0 Å². The molecule has 4 rings (SSSR count). The maximum Gasteiger partial charge on any atom is 0.244 e. The fourth-order valence-electron chi connectivity index (χ4n) is 5.19. The molecule has 1 saturated carbocycles. The predicted molar refractivity (Wildman–Crippen MR) is 115 cm³/mol. The van der Waals surface area contributed by atoms with Gasteiger partial charge in [-0.05, 0) is 37.3 Å². The number of benzene rings is 1. The number of rotatable bonds is 5. The SMILES string of the molecule is CC1CCCC(NC(=O)CN2CCN(C3CCN(c4ccccc4F)C3=O)CC2)C1. The van der Waals surface area contributed by atoms with Crippen LogP contribution in [0.15, 0.2) is 24.3 Å². The number of carbonyl (C=O) groups is 2. The summed E-state index contributed by atoms with van der Waals surface area (Å²) in [5.41, 5.74) is 0.373. The molecule has 3 atom stereocenters. The van der Waals surface area contributed by atoms with Crippen LogP contribution in [0.25, 0.3) is 0 Å². The molecule has 0 bridgehead atoms. The van der Waals surface area contributed by atoms with Crippen molar-refractivity contribution in [2.24, 2.45) is 5.92 Å². The van der Waals surface area contributed by atoms with Crippen molar-refractivity contribution in [2.75, 3.05) is 44.2 Å². The van der Waals surface area contributed by atoms with Crippen LogP contribution in [0.2, 0.25) is 0 Å². The van der Waals surface area contributed by atoms with Crippen molar-refractivity contribution in [3.05, 3.63) is 30.1 Å². The van der Waals surface area contributed by atoms with Crippen LogP contribution >= 0.6 is 0 Å². The van der Waals surface area contributed by atoms with Crippen molar-refractivity contribution in [1.82, 2.24) is 15.1 Å². The lowest BCUT2D eigenvalue weighted by molar-refractivity contribution is -0.125. The van der Waals surface area contributed by atoms with E-state index in [1.165, 1.54) is 18.9 Å². The van der Waals surface area contributed by atoms with Crippen LogP contribution in [0.3, 0.4) is 0 Å². The summed E-state index contributed by atoms with van der Waals surface area (Å²) < 4.78 is 14.1. The zero-order valence-electron chi connectivity index (χ0n) is 17.9. The molecule has 7 heteroatoms. The lowest BCUT2D eigenvalue weighted by Gasteiger charge is -2.37. The van der Waals surface area contributed by atoms with Gasteiger partial charge in [0.25, 0.3) is 0 Å². The Labute approximate surface area is 178 Å². The van der Waals surface area contributed by atoms with Gasteiger partial charge in [0.05, 0.1) is 18.3 Å². The smallest absolute Gasteiger partial charge is 0.244 e. The fraction of sp³-hybridized carbons (Fsp3) is 0.652. The van der Waals surface area contributed by atoms with E-state index < -0.39 is 0 Å². The number of piperazine rings is 1. The molecule has 164 valence electrons. The Kier molecular flexibility index (Phi) is 6.68. The zero-order chi connectivity index (χ0) is 21.1. The number of anilines is 1. The molecule has 2 amide bonds. The molecule has 2 aliphatic heterocycles. The molecule has 0 radical (unpaired) electrons. The molecule has 2 saturated heterocycles. The first kappa shape index (κ1) is 21.2. The summed E-state index contributed by atoms with van der Waals surface area (Å²) in [6.07, 6.45) is 5.36. The van der Waals surface area contributed by atoms with Crippen molar-refractivity contribution in [2.45, 2.75) is 51.1 Å². The molecule has 3 fully saturated rings. The minimum Gasteiger partial charge on any atom is -0.352 e. The minimum atomic E-state index is -0.352. The molecule has 1 N–H and O–H groups in total. The van der Waals surface area contributed by atoms with Gasteiger partial charge in [0.1, 0.15) is 5.82 Å². The first-order chi connectivity index (χ1) is 14.5. The number of hydrogen-bond donors (Lipinski definition) is 1. The van der Waals surface area contributed by atoms with E-state index in [1.807, 2.05) is 0 Å². The number of amides is 2. The second kappa shape index (κ2) is 9.43. The summed E-state index contributed by atoms with van der Waals surface area (Å²) in [6, 6.07) is 6.59. The van der Waals surface area contributed by atoms with Crippen LogP contribution in [0.4, 0.5) is 10.1 Å². The molecule has 3 aliphatic rings. The van der Waals surface area contributed by atoms with Gasteiger partial charge in [-0.25, -0.2) is 4.39 Å². The van der Waals surface area contributed by atoms with E-state index in [0.717, 1.165) is 39.0 Å². The average molecular weight is 417 g/mol. The van der Waals surface area contributed by atoms with Gasteiger partial charge in [0.15, 0.2) is 0 Å². The Morgan fingerprint density at radius 2 is 1.87 bits per heavy atom. The molecule has 0 spiro atoms. The van der Waals surface area contributed by atoms with Crippen LogP contribution in [-0.2, 0) is 9.59 Å². The maximum absolute atomic E-state index is 14.1.